The lowest BCUT2D eigenvalue weighted by molar-refractivity contribution is 0.634. The minimum atomic E-state index is -0.382. The summed E-state index contributed by atoms with van der Waals surface area (Å²) in [6.07, 6.45) is 1.68. The van der Waals surface area contributed by atoms with Crippen LogP contribution in [0.3, 0.4) is 0 Å². The molecule has 10 rings (SSSR count). The molecule has 0 aliphatic carbocycles. The van der Waals surface area contributed by atoms with Gasteiger partial charge in [0.15, 0.2) is 17.3 Å². The average Bonchev–Trinajstić information content (AvgIpc) is 3.84. The topological polar surface area (TPSA) is 80.8 Å². The van der Waals surface area contributed by atoms with Gasteiger partial charge in [-0.1, -0.05) is 121 Å². The molecule has 1 aliphatic heterocycles. The minimum absolute atomic E-state index is 0.336. The molecule has 0 spiro atoms. The highest BCUT2D eigenvalue weighted by Gasteiger charge is 2.28. The van der Waals surface area contributed by atoms with Crippen LogP contribution in [0.15, 0.2) is 160 Å². The summed E-state index contributed by atoms with van der Waals surface area (Å²) < 4.78 is 11.3. The number of hydrogen-bond donors (Lipinski definition) is 2. The Morgan fingerprint density at radius 3 is 2.14 bits per heavy atom. The molecule has 51 heavy (non-hydrogen) atoms. The zero-order chi connectivity index (χ0) is 34.1. The van der Waals surface area contributed by atoms with Crippen molar-refractivity contribution < 1.29 is 4.42 Å². The van der Waals surface area contributed by atoms with Gasteiger partial charge in [0, 0.05) is 53.0 Å². The number of aromatic nitrogens is 1. The molecule has 3 N–H and O–H groups in total. The first-order chi connectivity index (χ1) is 25.2. The summed E-state index contributed by atoms with van der Waals surface area (Å²) in [5, 5.41) is 9.49. The number of allylic oxidation sites excluding steroid dienone is 1. The number of aliphatic imine (C=N–C) groups is 2. The molecule has 244 valence electrons. The first-order valence-corrected chi connectivity index (χ1v) is 17.8. The van der Waals surface area contributed by atoms with E-state index in [0.717, 1.165) is 50.0 Å². The Balaban J connectivity index is 1.15. The lowest BCUT2D eigenvalue weighted by atomic mass is 10.00. The molecular formula is C44H31N5OS. The third-order valence-electron chi connectivity index (χ3n) is 9.86. The summed E-state index contributed by atoms with van der Waals surface area (Å²) in [4.78, 5) is 10.4. The summed E-state index contributed by atoms with van der Waals surface area (Å²) in [7, 11) is 0. The van der Waals surface area contributed by atoms with Crippen LogP contribution in [0.4, 0.5) is 5.88 Å². The fourth-order valence-corrected chi connectivity index (χ4v) is 8.85. The molecule has 1 atom stereocenters. The molecule has 3 aromatic heterocycles. The predicted octanol–water partition coefficient (Wildman–Crippen LogP) is 11.0. The molecule has 9 aromatic rings. The van der Waals surface area contributed by atoms with Crippen LogP contribution < -0.4 is 11.1 Å². The maximum atomic E-state index is 6.86. The number of nitrogens with one attached hydrogen (secondary N) is 1. The third-order valence-corrected chi connectivity index (χ3v) is 11.1. The SMILES string of the molecule is C/C=C(/C1=NC(c2ccccc2)=NC(c2cccc3c2sc2ccccc23)N1)c1c(N)oc2c(-n3c4ccccc4c4ccccc43)cccc12. The molecule has 0 bridgehead atoms. The second-order valence-corrected chi connectivity index (χ2v) is 13.8. The van der Waals surface area contributed by atoms with Crippen LogP contribution in [-0.2, 0) is 0 Å². The highest BCUT2D eigenvalue weighted by atomic mass is 32.1. The Labute approximate surface area is 297 Å². The van der Waals surface area contributed by atoms with Gasteiger partial charge < -0.3 is 20.0 Å². The third kappa shape index (κ3) is 4.55. The van der Waals surface area contributed by atoms with Crippen LogP contribution in [0.25, 0.3) is 64.2 Å². The second kappa shape index (κ2) is 11.6. The molecule has 6 nitrogen and oxygen atoms in total. The Bertz CT molecular complexity index is 2870. The maximum Gasteiger partial charge on any atom is 0.199 e. The molecule has 0 amide bonds. The summed E-state index contributed by atoms with van der Waals surface area (Å²) >= 11 is 1.80. The van der Waals surface area contributed by atoms with Crippen LogP contribution in [0.2, 0.25) is 0 Å². The summed E-state index contributed by atoms with van der Waals surface area (Å²) in [6.45, 7) is 2.02. The van der Waals surface area contributed by atoms with Crippen molar-refractivity contribution in [2.24, 2.45) is 9.98 Å². The van der Waals surface area contributed by atoms with E-state index in [9.17, 15) is 0 Å². The zero-order valence-corrected chi connectivity index (χ0v) is 28.5. The van der Waals surface area contributed by atoms with E-state index >= 15 is 0 Å². The number of fused-ring (bicyclic) bond motifs is 7. The van der Waals surface area contributed by atoms with Crippen molar-refractivity contribution in [3.63, 3.8) is 0 Å². The molecule has 7 heteroatoms. The van der Waals surface area contributed by atoms with E-state index in [0.29, 0.717) is 17.6 Å². The first-order valence-electron chi connectivity index (χ1n) is 17.0. The second-order valence-electron chi connectivity index (χ2n) is 12.7. The number of nitrogens with zero attached hydrogens (tertiary/aromatic N) is 3. The zero-order valence-electron chi connectivity index (χ0n) is 27.7. The van der Waals surface area contributed by atoms with E-state index in [1.165, 1.54) is 30.9 Å². The number of hydrogen-bond acceptors (Lipinski definition) is 6. The van der Waals surface area contributed by atoms with Gasteiger partial charge in [-0.2, -0.15) is 0 Å². The summed E-state index contributed by atoms with van der Waals surface area (Å²) in [5.41, 5.74) is 14.4. The molecule has 1 unspecified atom stereocenters. The Morgan fingerprint density at radius 2 is 1.37 bits per heavy atom. The molecule has 4 heterocycles. The lowest BCUT2D eigenvalue weighted by Crippen LogP contribution is -2.33. The van der Waals surface area contributed by atoms with E-state index in [1.54, 1.807) is 11.3 Å². The van der Waals surface area contributed by atoms with E-state index in [1.807, 2.05) is 25.1 Å². The van der Waals surface area contributed by atoms with Gasteiger partial charge in [0.2, 0.25) is 0 Å². The normalized spacial score (nSPS) is 15.2. The highest BCUT2D eigenvalue weighted by molar-refractivity contribution is 7.26. The molecule has 0 radical (unpaired) electrons. The smallest absolute Gasteiger partial charge is 0.199 e. The lowest BCUT2D eigenvalue weighted by Gasteiger charge is -2.25. The van der Waals surface area contributed by atoms with Crippen LogP contribution >= 0.6 is 11.3 Å². The van der Waals surface area contributed by atoms with Gasteiger partial charge in [0.25, 0.3) is 0 Å². The fraction of sp³-hybridized carbons (Fsp3) is 0.0455. The molecule has 0 fully saturated rings. The number of rotatable bonds is 5. The quantitative estimate of drug-likeness (QED) is 0.190. The summed E-state index contributed by atoms with van der Waals surface area (Å²) in [5.74, 6) is 1.68. The number of amidine groups is 2. The van der Waals surface area contributed by atoms with Crippen molar-refractivity contribution in [3.8, 4) is 5.69 Å². The van der Waals surface area contributed by atoms with Gasteiger partial charge in [-0.15, -0.1) is 11.3 Å². The standard InChI is InChI=1S/C44H31N5OS/c1-2-27(38-32-20-13-24-36(39(32)50-41(38)45)49-34-22-9-6-16-28(34)29-17-7-10-23-35(29)49)43-46-42(26-14-4-3-5-15-26)47-44(48-43)33-21-12-19-31-30-18-8-11-25-37(30)51-40(31)33/h2-25,44H,45H2,1H3,(H,46,47,48)/b27-2+. The van der Waals surface area contributed by atoms with Crippen LogP contribution in [-0.4, -0.2) is 16.2 Å². The number of anilines is 1. The fourth-order valence-electron chi connectivity index (χ4n) is 7.61. The van der Waals surface area contributed by atoms with Gasteiger partial charge in [-0.25, -0.2) is 9.98 Å². The number of benzene rings is 6. The van der Waals surface area contributed by atoms with E-state index in [2.05, 4.69) is 137 Å². The number of para-hydroxylation sites is 3. The first kappa shape index (κ1) is 29.5. The van der Waals surface area contributed by atoms with Crippen LogP contribution in [0.1, 0.15) is 29.8 Å². The predicted molar refractivity (Wildman–Crippen MR) is 214 cm³/mol. The Morgan fingerprint density at radius 1 is 0.725 bits per heavy atom. The number of thiophene rings is 1. The van der Waals surface area contributed by atoms with E-state index in [4.69, 9.17) is 20.1 Å². The molecule has 1 aliphatic rings. The van der Waals surface area contributed by atoms with Crippen molar-refractivity contribution in [3.05, 3.63) is 162 Å². The Kier molecular flexibility index (Phi) is 6.69. The van der Waals surface area contributed by atoms with Crippen molar-refractivity contribution in [2.75, 3.05) is 5.73 Å². The maximum absolute atomic E-state index is 6.86. The van der Waals surface area contributed by atoms with Gasteiger partial charge in [-0.05, 0) is 31.2 Å². The van der Waals surface area contributed by atoms with E-state index < -0.39 is 0 Å². The number of nitrogen functional groups attached to an aromatic ring is 1. The van der Waals surface area contributed by atoms with Crippen molar-refractivity contribution in [1.82, 2.24) is 9.88 Å². The molecule has 6 aromatic carbocycles. The van der Waals surface area contributed by atoms with Crippen LogP contribution in [0, 0.1) is 0 Å². The van der Waals surface area contributed by atoms with Crippen molar-refractivity contribution in [2.45, 2.75) is 13.1 Å². The number of nitrogens with two attached hydrogens (primary N) is 1. The van der Waals surface area contributed by atoms with Crippen molar-refractivity contribution >= 4 is 87.4 Å². The monoisotopic (exact) mass is 677 g/mol. The van der Waals surface area contributed by atoms with E-state index in [-0.39, 0.29) is 6.17 Å². The summed E-state index contributed by atoms with van der Waals surface area (Å²) in [6, 6.07) is 48.4. The van der Waals surface area contributed by atoms with Gasteiger partial charge >= 0.3 is 0 Å². The highest BCUT2D eigenvalue weighted by Crippen LogP contribution is 2.42. The molecule has 0 saturated carbocycles. The largest absolute Gasteiger partial charge is 0.438 e. The molecule has 0 saturated heterocycles. The van der Waals surface area contributed by atoms with Crippen molar-refractivity contribution in [1.29, 1.82) is 0 Å². The average molecular weight is 678 g/mol. The Hall–Kier alpha value is -6.44. The van der Waals surface area contributed by atoms with Crippen LogP contribution in [0.5, 0.6) is 0 Å². The molecular weight excluding hydrogens is 647 g/mol. The van der Waals surface area contributed by atoms with Gasteiger partial charge in [0.1, 0.15) is 12.0 Å². The minimum Gasteiger partial charge on any atom is -0.438 e. The van der Waals surface area contributed by atoms with Gasteiger partial charge in [0.05, 0.1) is 22.3 Å². The number of furan rings is 1. The van der Waals surface area contributed by atoms with Gasteiger partial charge in [-0.3, -0.25) is 0 Å².